The highest BCUT2D eigenvalue weighted by molar-refractivity contribution is 9.10. The molecule has 1 aliphatic carbocycles. The van der Waals surface area contributed by atoms with Crippen molar-refractivity contribution >= 4 is 32.4 Å². The van der Waals surface area contributed by atoms with E-state index in [9.17, 15) is 0 Å². The highest BCUT2D eigenvalue weighted by atomic mass is 79.9. The molecule has 96 valence electrons. The molecule has 0 atom stereocenters. The lowest BCUT2D eigenvalue weighted by Gasteiger charge is -2.35. The zero-order valence-corrected chi connectivity index (χ0v) is 12.6. The predicted octanol–water partition coefficient (Wildman–Crippen LogP) is 3.39. The van der Waals surface area contributed by atoms with Crippen LogP contribution in [-0.2, 0) is 0 Å². The van der Waals surface area contributed by atoms with Gasteiger partial charge in [-0.2, -0.15) is 0 Å². The Bertz CT molecular complexity index is 347. The average Bonchev–Trinajstić information content (AvgIpc) is 2.74. The van der Waals surface area contributed by atoms with E-state index in [1.54, 1.807) is 11.3 Å². The number of nitrogens with two attached hydrogens (primary N) is 1. The Kier molecular flexibility index (Phi) is 4.82. The molecule has 0 saturated heterocycles. The second kappa shape index (κ2) is 6.16. The van der Waals surface area contributed by atoms with Gasteiger partial charge < -0.3 is 10.6 Å². The quantitative estimate of drug-likeness (QED) is 0.925. The number of nitrogens with zero attached hydrogens (tertiary/aromatic N) is 2. The van der Waals surface area contributed by atoms with Crippen LogP contribution >= 0.6 is 27.3 Å². The van der Waals surface area contributed by atoms with E-state index in [0.29, 0.717) is 12.1 Å². The van der Waals surface area contributed by atoms with E-state index in [1.165, 1.54) is 19.3 Å². The van der Waals surface area contributed by atoms with Crippen molar-refractivity contribution in [3.63, 3.8) is 0 Å². The molecule has 1 heterocycles. The molecule has 0 radical (unpaired) electrons. The molecule has 17 heavy (non-hydrogen) atoms. The maximum absolute atomic E-state index is 5.97. The van der Waals surface area contributed by atoms with E-state index in [-0.39, 0.29) is 0 Å². The van der Waals surface area contributed by atoms with Gasteiger partial charge in [0.25, 0.3) is 0 Å². The fourth-order valence-electron chi connectivity index (χ4n) is 2.47. The first-order valence-electron chi connectivity index (χ1n) is 6.34. The molecule has 0 aromatic carbocycles. The second-order valence-electron chi connectivity index (χ2n) is 4.71. The number of aromatic nitrogens is 1. The lowest BCUT2D eigenvalue weighted by Crippen LogP contribution is -2.41. The van der Waals surface area contributed by atoms with Gasteiger partial charge in [-0.25, -0.2) is 4.98 Å². The normalized spacial score (nSPS) is 24.9. The van der Waals surface area contributed by atoms with Gasteiger partial charge in [-0.1, -0.05) is 6.92 Å². The van der Waals surface area contributed by atoms with Crippen molar-refractivity contribution < 1.29 is 0 Å². The summed E-state index contributed by atoms with van der Waals surface area (Å²) in [5.41, 5.74) is 5.97. The van der Waals surface area contributed by atoms with Crippen LogP contribution in [0.3, 0.4) is 0 Å². The summed E-state index contributed by atoms with van der Waals surface area (Å²) in [4.78, 5) is 7.03. The molecule has 2 rings (SSSR count). The molecule has 1 saturated carbocycles. The van der Waals surface area contributed by atoms with Gasteiger partial charge in [0.2, 0.25) is 0 Å². The molecule has 0 aliphatic heterocycles. The van der Waals surface area contributed by atoms with Crippen LogP contribution < -0.4 is 10.6 Å². The van der Waals surface area contributed by atoms with E-state index in [4.69, 9.17) is 5.73 Å². The van der Waals surface area contributed by atoms with Crippen molar-refractivity contribution in [2.24, 2.45) is 5.73 Å². The summed E-state index contributed by atoms with van der Waals surface area (Å²) < 4.78 is 0.950. The van der Waals surface area contributed by atoms with Crippen molar-refractivity contribution in [2.45, 2.75) is 51.1 Å². The topological polar surface area (TPSA) is 42.2 Å². The number of rotatable bonds is 4. The number of anilines is 1. The first-order chi connectivity index (χ1) is 8.20. The first kappa shape index (κ1) is 13.3. The third-order valence-electron chi connectivity index (χ3n) is 3.36. The fourth-order valence-corrected chi connectivity index (χ4v) is 3.81. The maximum atomic E-state index is 5.97. The minimum absolute atomic E-state index is 0.415. The van der Waals surface area contributed by atoms with Crippen LogP contribution in [0.25, 0.3) is 0 Å². The standard InChI is InChI=1S/C12H20BrN3S/c1-2-7-16(12-15-11(13)8-17-12)10-5-3-9(14)4-6-10/h8-10H,2-7,14H2,1H3. The van der Waals surface area contributed by atoms with Crippen LogP contribution in [0.15, 0.2) is 9.98 Å². The molecule has 1 fully saturated rings. The molecule has 0 bridgehead atoms. The smallest absolute Gasteiger partial charge is 0.186 e. The SMILES string of the molecule is CCCN(c1nc(Br)cs1)C1CCC(N)CC1. The van der Waals surface area contributed by atoms with Crippen molar-refractivity contribution in [1.82, 2.24) is 4.98 Å². The fraction of sp³-hybridized carbons (Fsp3) is 0.750. The summed E-state index contributed by atoms with van der Waals surface area (Å²) in [6.07, 6.45) is 5.88. The summed E-state index contributed by atoms with van der Waals surface area (Å²) in [7, 11) is 0. The Labute approximate surface area is 116 Å². The first-order valence-corrected chi connectivity index (χ1v) is 8.01. The van der Waals surface area contributed by atoms with Crippen molar-refractivity contribution in [2.75, 3.05) is 11.4 Å². The Balaban J connectivity index is 2.06. The average molecular weight is 318 g/mol. The van der Waals surface area contributed by atoms with Gasteiger partial charge in [0, 0.05) is 24.0 Å². The Morgan fingerprint density at radius 1 is 1.47 bits per heavy atom. The number of hydrogen-bond donors (Lipinski definition) is 1. The van der Waals surface area contributed by atoms with Crippen LogP contribution in [0.1, 0.15) is 39.0 Å². The lowest BCUT2D eigenvalue weighted by atomic mass is 9.91. The molecule has 1 aromatic heterocycles. The van der Waals surface area contributed by atoms with Crippen LogP contribution in [0.4, 0.5) is 5.13 Å². The summed E-state index contributed by atoms with van der Waals surface area (Å²) >= 11 is 5.17. The second-order valence-corrected chi connectivity index (χ2v) is 6.36. The summed E-state index contributed by atoms with van der Waals surface area (Å²) in [6.45, 7) is 3.32. The van der Waals surface area contributed by atoms with Gasteiger partial charge in [-0.3, -0.25) is 0 Å². The molecule has 0 amide bonds. The van der Waals surface area contributed by atoms with Gasteiger partial charge >= 0.3 is 0 Å². The Morgan fingerprint density at radius 3 is 2.71 bits per heavy atom. The maximum Gasteiger partial charge on any atom is 0.186 e. The third-order valence-corrected chi connectivity index (χ3v) is 4.94. The molecule has 3 nitrogen and oxygen atoms in total. The van der Waals surface area contributed by atoms with E-state index >= 15 is 0 Å². The predicted molar refractivity (Wildman–Crippen MR) is 77.7 cm³/mol. The summed E-state index contributed by atoms with van der Waals surface area (Å²) in [5.74, 6) is 0. The van der Waals surface area contributed by atoms with Gasteiger partial charge in [-0.15, -0.1) is 11.3 Å². The minimum atomic E-state index is 0.415. The molecule has 0 unspecified atom stereocenters. The molecule has 5 heteroatoms. The van der Waals surface area contributed by atoms with Crippen LogP contribution in [0.2, 0.25) is 0 Å². The van der Waals surface area contributed by atoms with Crippen molar-refractivity contribution in [3.8, 4) is 0 Å². The number of thiazole rings is 1. The number of hydrogen-bond acceptors (Lipinski definition) is 4. The zero-order chi connectivity index (χ0) is 12.3. The highest BCUT2D eigenvalue weighted by Crippen LogP contribution is 2.30. The molecular formula is C12H20BrN3S. The highest BCUT2D eigenvalue weighted by Gasteiger charge is 2.25. The van der Waals surface area contributed by atoms with E-state index < -0.39 is 0 Å². The van der Waals surface area contributed by atoms with Crippen LogP contribution in [0, 0.1) is 0 Å². The minimum Gasteiger partial charge on any atom is -0.345 e. The van der Waals surface area contributed by atoms with E-state index in [0.717, 1.165) is 29.1 Å². The molecule has 0 spiro atoms. The largest absolute Gasteiger partial charge is 0.345 e. The molecule has 2 N–H and O–H groups in total. The zero-order valence-electron chi connectivity index (χ0n) is 10.2. The van der Waals surface area contributed by atoms with E-state index in [2.05, 4.69) is 38.1 Å². The monoisotopic (exact) mass is 317 g/mol. The summed E-state index contributed by atoms with van der Waals surface area (Å²) in [6, 6.07) is 1.05. The molecule has 1 aliphatic rings. The van der Waals surface area contributed by atoms with Crippen LogP contribution in [0.5, 0.6) is 0 Å². The Morgan fingerprint density at radius 2 is 2.18 bits per heavy atom. The van der Waals surface area contributed by atoms with Gasteiger partial charge in [0.15, 0.2) is 5.13 Å². The molecule has 1 aromatic rings. The number of halogens is 1. The van der Waals surface area contributed by atoms with Crippen LogP contribution in [-0.4, -0.2) is 23.6 Å². The summed E-state index contributed by atoms with van der Waals surface area (Å²) in [5, 5.41) is 3.21. The van der Waals surface area contributed by atoms with Crippen molar-refractivity contribution in [3.05, 3.63) is 9.98 Å². The van der Waals surface area contributed by atoms with Crippen molar-refractivity contribution in [1.29, 1.82) is 0 Å². The van der Waals surface area contributed by atoms with E-state index in [1.807, 2.05) is 0 Å². The molecular weight excluding hydrogens is 298 g/mol. The van der Waals surface area contributed by atoms with Gasteiger partial charge in [0.1, 0.15) is 4.60 Å². The third kappa shape index (κ3) is 3.42. The van der Waals surface area contributed by atoms with Gasteiger partial charge in [0.05, 0.1) is 0 Å². The Hall–Kier alpha value is -0.130. The van der Waals surface area contributed by atoms with Gasteiger partial charge in [-0.05, 0) is 48.0 Å². The lowest BCUT2D eigenvalue weighted by molar-refractivity contribution is 0.375.